The lowest BCUT2D eigenvalue weighted by Crippen LogP contribution is -2.45. The standard InChI is InChI=1S/C24H32N4O8/c1-22(2,3)34-19(29)26-17(15-10-12-16(13-11-15)28(32)33)14-25-18(26)27(20(30)35-23(4,5)6)21(31)36-24(7,8)9/h10-14H,1-9H3. The zero-order valence-corrected chi connectivity index (χ0v) is 21.9. The molecular weight excluding hydrogens is 472 g/mol. The quantitative estimate of drug-likeness (QED) is 0.283. The molecule has 0 N–H and O–H groups in total. The van der Waals surface area contributed by atoms with E-state index in [9.17, 15) is 24.5 Å². The number of carbonyl (C=O) groups excluding carboxylic acids is 3. The number of nitro benzene ring substituents is 1. The van der Waals surface area contributed by atoms with Crippen molar-refractivity contribution in [3.63, 3.8) is 0 Å². The molecule has 12 heteroatoms. The van der Waals surface area contributed by atoms with Crippen molar-refractivity contribution in [2.75, 3.05) is 4.90 Å². The van der Waals surface area contributed by atoms with Gasteiger partial charge in [0.15, 0.2) is 0 Å². The van der Waals surface area contributed by atoms with Gasteiger partial charge in [-0.2, -0.15) is 0 Å². The molecule has 0 aliphatic carbocycles. The van der Waals surface area contributed by atoms with Gasteiger partial charge in [-0.05, 0) is 74.4 Å². The molecule has 0 aliphatic rings. The number of aromatic nitrogens is 2. The second-order valence-corrected chi connectivity index (χ2v) is 10.9. The number of ether oxygens (including phenoxy) is 3. The fraction of sp³-hybridized carbons (Fsp3) is 0.500. The number of rotatable bonds is 3. The van der Waals surface area contributed by atoms with Crippen molar-refractivity contribution in [3.8, 4) is 11.3 Å². The smallest absolute Gasteiger partial charge is 0.427 e. The highest BCUT2D eigenvalue weighted by Crippen LogP contribution is 2.30. The summed E-state index contributed by atoms with van der Waals surface area (Å²) in [4.78, 5) is 54.7. The van der Waals surface area contributed by atoms with E-state index in [1.54, 1.807) is 62.3 Å². The Hall–Kier alpha value is -3.96. The van der Waals surface area contributed by atoms with E-state index in [1.165, 1.54) is 30.5 Å². The third kappa shape index (κ3) is 7.52. The predicted octanol–water partition coefficient (Wildman–Crippen LogP) is 5.92. The van der Waals surface area contributed by atoms with Crippen molar-refractivity contribution in [2.45, 2.75) is 79.1 Å². The molecule has 2 amide bonds. The number of hydrogen-bond acceptors (Lipinski definition) is 9. The van der Waals surface area contributed by atoms with Gasteiger partial charge in [0, 0.05) is 17.7 Å². The fourth-order valence-electron chi connectivity index (χ4n) is 2.80. The topological polar surface area (TPSA) is 143 Å². The van der Waals surface area contributed by atoms with E-state index in [1.807, 2.05) is 0 Å². The lowest BCUT2D eigenvalue weighted by Gasteiger charge is -2.28. The number of amides is 2. The zero-order valence-electron chi connectivity index (χ0n) is 21.9. The summed E-state index contributed by atoms with van der Waals surface area (Å²) in [6.07, 6.45) is -1.95. The average Bonchev–Trinajstić information content (AvgIpc) is 3.08. The van der Waals surface area contributed by atoms with Crippen LogP contribution in [-0.4, -0.2) is 49.6 Å². The Morgan fingerprint density at radius 3 is 1.67 bits per heavy atom. The lowest BCUT2D eigenvalue weighted by molar-refractivity contribution is -0.384. The zero-order chi connectivity index (χ0) is 27.6. The van der Waals surface area contributed by atoms with Crippen LogP contribution in [0.4, 0.5) is 26.0 Å². The second kappa shape index (κ2) is 9.96. The third-order valence-electron chi connectivity index (χ3n) is 4.05. The molecule has 2 rings (SSSR count). The number of nitro groups is 1. The van der Waals surface area contributed by atoms with E-state index in [2.05, 4.69) is 4.98 Å². The van der Waals surface area contributed by atoms with Crippen LogP contribution in [0, 0.1) is 10.1 Å². The largest absolute Gasteiger partial charge is 0.443 e. The molecular formula is C24H32N4O8. The summed E-state index contributed by atoms with van der Waals surface area (Å²) >= 11 is 0. The van der Waals surface area contributed by atoms with Gasteiger partial charge in [0.1, 0.15) is 16.8 Å². The number of benzene rings is 1. The van der Waals surface area contributed by atoms with Gasteiger partial charge in [-0.15, -0.1) is 4.90 Å². The molecule has 0 spiro atoms. The summed E-state index contributed by atoms with van der Waals surface area (Å²) in [5.41, 5.74) is -2.60. The molecule has 1 aromatic carbocycles. The molecule has 0 radical (unpaired) electrons. The fourth-order valence-corrected chi connectivity index (χ4v) is 2.80. The van der Waals surface area contributed by atoms with Gasteiger partial charge in [0.2, 0.25) is 5.95 Å². The Morgan fingerprint density at radius 2 is 1.28 bits per heavy atom. The molecule has 196 valence electrons. The molecule has 0 saturated heterocycles. The molecule has 0 bridgehead atoms. The van der Waals surface area contributed by atoms with Gasteiger partial charge in [0.05, 0.1) is 16.8 Å². The minimum Gasteiger partial charge on any atom is -0.443 e. The van der Waals surface area contributed by atoms with Crippen molar-refractivity contribution in [1.29, 1.82) is 0 Å². The first kappa shape index (κ1) is 28.3. The molecule has 0 saturated carbocycles. The minimum absolute atomic E-state index is 0.117. The van der Waals surface area contributed by atoms with Crippen LogP contribution in [0.3, 0.4) is 0 Å². The van der Waals surface area contributed by atoms with E-state index in [4.69, 9.17) is 14.2 Å². The second-order valence-electron chi connectivity index (χ2n) is 10.9. The Balaban J connectivity index is 2.74. The summed E-state index contributed by atoms with van der Waals surface area (Å²) in [5.74, 6) is -0.430. The van der Waals surface area contributed by atoms with Gasteiger partial charge >= 0.3 is 18.3 Å². The van der Waals surface area contributed by atoms with Crippen LogP contribution < -0.4 is 4.90 Å². The van der Waals surface area contributed by atoms with Gasteiger partial charge < -0.3 is 14.2 Å². The average molecular weight is 505 g/mol. The summed E-state index contributed by atoms with van der Waals surface area (Å²) in [6, 6.07) is 5.32. The summed E-state index contributed by atoms with van der Waals surface area (Å²) < 4.78 is 17.2. The first-order chi connectivity index (χ1) is 16.3. The molecule has 1 aromatic heterocycles. The van der Waals surface area contributed by atoms with E-state index in [-0.39, 0.29) is 11.4 Å². The van der Waals surface area contributed by atoms with Gasteiger partial charge in [-0.3, -0.25) is 10.1 Å². The van der Waals surface area contributed by atoms with Gasteiger partial charge in [-0.1, -0.05) is 0 Å². The van der Waals surface area contributed by atoms with Crippen LogP contribution in [0.5, 0.6) is 0 Å². The van der Waals surface area contributed by atoms with Crippen molar-refractivity contribution in [2.24, 2.45) is 0 Å². The van der Waals surface area contributed by atoms with Crippen LogP contribution in [0.25, 0.3) is 11.3 Å². The first-order valence-corrected chi connectivity index (χ1v) is 11.1. The molecule has 0 aliphatic heterocycles. The van der Waals surface area contributed by atoms with Crippen LogP contribution in [0.2, 0.25) is 0 Å². The van der Waals surface area contributed by atoms with Crippen molar-refractivity contribution < 1.29 is 33.5 Å². The van der Waals surface area contributed by atoms with E-state index < -0.39 is 46.0 Å². The highest BCUT2D eigenvalue weighted by atomic mass is 16.6. The molecule has 2 aromatic rings. The van der Waals surface area contributed by atoms with Crippen molar-refractivity contribution in [3.05, 3.63) is 40.6 Å². The van der Waals surface area contributed by atoms with Crippen molar-refractivity contribution in [1.82, 2.24) is 9.55 Å². The number of nitrogens with zero attached hydrogens (tertiary/aromatic N) is 4. The summed E-state index contributed by atoms with van der Waals surface area (Å²) in [5, 5.41) is 11.1. The molecule has 36 heavy (non-hydrogen) atoms. The van der Waals surface area contributed by atoms with Crippen LogP contribution >= 0.6 is 0 Å². The maximum Gasteiger partial charge on any atom is 0.427 e. The monoisotopic (exact) mass is 504 g/mol. The normalized spacial score (nSPS) is 12.0. The molecule has 1 heterocycles. The number of anilines is 1. The Bertz CT molecular complexity index is 1120. The minimum atomic E-state index is -1.12. The van der Waals surface area contributed by atoms with Crippen LogP contribution in [-0.2, 0) is 14.2 Å². The molecule has 0 fully saturated rings. The van der Waals surface area contributed by atoms with E-state index in [0.29, 0.717) is 10.5 Å². The van der Waals surface area contributed by atoms with E-state index >= 15 is 0 Å². The van der Waals surface area contributed by atoms with Gasteiger partial charge in [-0.25, -0.2) is 23.9 Å². The maximum atomic E-state index is 13.3. The van der Waals surface area contributed by atoms with Crippen molar-refractivity contribution >= 4 is 29.9 Å². The van der Waals surface area contributed by atoms with E-state index in [0.717, 1.165) is 4.57 Å². The summed E-state index contributed by atoms with van der Waals surface area (Å²) in [6.45, 7) is 14.6. The first-order valence-electron chi connectivity index (χ1n) is 11.1. The molecule has 12 nitrogen and oxygen atoms in total. The SMILES string of the molecule is CC(C)(C)OC(=O)N(C(=O)OC(C)(C)C)c1ncc(-c2ccc([N+](=O)[O-])cc2)n1C(=O)OC(C)(C)C. The van der Waals surface area contributed by atoms with Crippen LogP contribution in [0.1, 0.15) is 62.3 Å². The lowest BCUT2D eigenvalue weighted by atomic mass is 10.1. The number of hydrogen-bond donors (Lipinski definition) is 0. The molecule has 0 unspecified atom stereocenters. The Morgan fingerprint density at radius 1 is 0.833 bits per heavy atom. The third-order valence-corrected chi connectivity index (χ3v) is 4.05. The summed E-state index contributed by atoms with van der Waals surface area (Å²) in [7, 11) is 0. The number of carbonyl (C=O) groups is 3. The number of imide groups is 1. The molecule has 0 atom stereocenters. The Labute approximate surface area is 209 Å². The predicted molar refractivity (Wildman–Crippen MR) is 131 cm³/mol. The highest BCUT2D eigenvalue weighted by Gasteiger charge is 2.38. The van der Waals surface area contributed by atoms with Gasteiger partial charge in [0.25, 0.3) is 5.69 Å². The number of imidazole rings is 1. The maximum absolute atomic E-state index is 13.3. The van der Waals surface area contributed by atoms with Crippen LogP contribution in [0.15, 0.2) is 30.5 Å². The Kier molecular flexibility index (Phi) is 7.82. The number of non-ortho nitro benzene ring substituents is 1. The highest BCUT2D eigenvalue weighted by molar-refractivity contribution is 6.09.